The SMILES string of the molecule is Cl.N[C@@H]1C[C@H]1c1ccc(C(=O)Nc2cccc(C(F)(F)F)c2)cc1. The average Bonchev–Trinajstić information content (AvgIpc) is 3.24. The highest BCUT2D eigenvalue weighted by molar-refractivity contribution is 6.04. The minimum Gasteiger partial charge on any atom is -0.327 e. The number of halogens is 4. The van der Waals surface area contributed by atoms with Crippen molar-refractivity contribution >= 4 is 24.0 Å². The lowest BCUT2D eigenvalue weighted by Gasteiger charge is -2.10. The van der Waals surface area contributed by atoms with Crippen LogP contribution in [0, 0.1) is 0 Å². The number of hydrogen-bond acceptors (Lipinski definition) is 2. The Morgan fingerprint density at radius 1 is 1.12 bits per heavy atom. The van der Waals surface area contributed by atoms with Crippen molar-refractivity contribution in [2.24, 2.45) is 5.73 Å². The van der Waals surface area contributed by atoms with Crippen molar-refractivity contribution in [3.63, 3.8) is 0 Å². The molecule has 128 valence electrons. The third kappa shape index (κ3) is 4.07. The Hall–Kier alpha value is -2.05. The van der Waals surface area contributed by atoms with Gasteiger partial charge in [0.25, 0.3) is 5.91 Å². The summed E-state index contributed by atoms with van der Waals surface area (Å²) in [6, 6.07) is 11.7. The first-order valence-corrected chi connectivity index (χ1v) is 7.19. The highest BCUT2D eigenvalue weighted by Gasteiger charge is 2.34. The molecule has 3 nitrogen and oxygen atoms in total. The molecule has 2 aromatic rings. The molecule has 2 aromatic carbocycles. The van der Waals surface area contributed by atoms with Gasteiger partial charge in [-0.25, -0.2) is 0 Å². The predicted octanol–water partition coefficient (Wildman–Crippen LogP) is 4.19. The first kappa shape index (κ1) is 18.3. The summed E-state index contributed by atoms with van der Waals surface area (Å²) in [4.78, 5) is 12.1. The molecule has 3 rings (SSSR count). The summed E-state index contributed by atoms with van der Waals surface area (Å²) in [5.41, 5.74) is 6.55. The van der Waals surface area contributed by atoms with Gasteiger partial charge in [-0.1, -0.05) is 18.2 Å². The van der Waals surface area contributed by atoms with Gasteiger partial charge in [-0.15, -0.1) is 12.4 Å². The number of hydrogen-bond donors (Lipinski definition) is 2. The average molecular weight is 357 g/mol. The van der Waals surface area contributed by atoms with Crippen LogP contribution >= 0.6 is 12.4 Å². The van der Waals surface area contributed by atoms with Crippen LogP contribution in [-0.4, -0.2) is 11.9 Å². The highest BCUT2D eigenvalue weighted by atomic mass is 35.5. The zero-order chi connectivity index (χ0) is 16.6. The summed E-state index contributed by atoms with van der Waals surface area (Å²) in [5.74, 6) is -0.105. The molecule has 1 aliphatic rings. The van der Waals surface area contributed by atoms with E-state index in [2.05, 4.69) is 5.32 Å². The monoisotopic (exact) mass is 356 g/mol. The number of nitrogens with two attached hydrogens (primary N) is 1. The van der Waals surface area contributed by atoms with Gasteiger partial charge in [-0.05, 0) is 42.3 Å². The molecule has 0 bridgehead atoms. The van der Waals surface area contributed by atoms with E-state index >= 15 is 0 Å². The molecule has 24 heavy (non-hydrogen) atoms. The van der Waals surface area contributed by atoms with Gasteiger partial charge in [-0.3, -0.25) is 4.79 Å². The van der Waals surface area contributed by atoms with Crippen LogP contribution in [0.3, 0.4) is 0 Å². The van der Waals surface area contributed by atoms with Crippen molar-refractivity contribution in [3.05, 3.63) is 65.2 Å². The van der Waals surface area contributed by atoms with Gasteiger partial charge in [0.15, 0.2) is 0 Å². The second-order valence-corrected chi connectivity index (χ2v) is 5.66. The van der Waals surface area contributed by atoms with Gasteiger partial charge in [0, 0.05) is 23.2 Å². The normalized spacial score (nSPS) is 19.3. The quantitative estimate of drug-likeness (QED) is 0.866. The topological polar surface area (TPSA) is 55.1 Å². The Labute approximate surface area is 143 Å². The number of rotatable bonds is 3. The molecule has 0 spiro atoms. The highest BCUT2D eigenvalue weighted by Crippen LogP contribution is 2.38. The van der Waals surface area contributed by atoms with E-state index in [0.29, 0.717) is 11.5 Å². The summed E-state index contributed by atoms with van der Waals surface area (Å²) in [6.45, 7) is 0. The Morgan fingerprint density at radius 3 is 2.29 bits per heavy atom. The van der Waals surface area contributed by atoms with Crippen molar-refractivity contribution in [1.82, 2.24) is 0 Å². The molecule has 0 radical (unpaired) electrons. The molecule has 1 aliphatic carbocycles. The molecular weight excluding hydrogens is 341 g/mol. The van der Waals surface area contributed by atoms with Gasteiger partial charge in [-0.2, -0.15) is 13.2 Å². The first-order valence-electron chi connectivity index (χ1n) is 7.19. The van der Waals surface area contributed by atoms with Crippen LogP contribution in [0.25, 0.3) is 0 Å². The van der Waals surface area contributed by atoms with Gasteiger partial charge >= 0.3 is 6.18 Å². The van der Waals surface area contributed by atoms with Crippen LogP contribution in [0.2, 0.25) is 0 Å². The van der Waals surface area contributed by atoms with Crippen molar-refractivity contribution < 1.29 is 18.0 Å². The van der Waals surface area contributed by atoms with Crippen LogP contribution in [0.15, 0.2) is 48.5 Å². The lowest BCUT2D eigenvalue weighted by molar-refractivity contribution is -0.137. The third-order valence-electron chi connectivity index (χ3n) is 3.89. The maximum Gasteiger partial charge on any atom is 0.416 e. The molecule has 1 amide bonds. The van der Waals surface area contributed by atoms with Crippen molar-refractivity contribution in [1.29, 1.82) is 0 Å². The van der Waals surface area contributed by atoms with Crippen LogP contribution in [0.1, 0.15) is 33.8 Å². The fourth-order valence-corrected chi connectivity index (χ4v) is 2.46. The Balaban J connectivity index is 0.00000208. The van der Waals surface area contributed by atoms with Crippen molar-refractivity contribution in [2.45, 2.75) is 24.6 Å². The summed E-state index contributed by atoms with van der Waals surface area (Å²) >= 11 is 0. The minimum absolute atomic E-state index is 0. The molecular formula is C17H16ClF3N2O. The molecule has 1 fully saturated rings. The Bertz CT molecular complexity index is 731. The molecule has 7 heteroatoms. The second-order valence-electron chi connectivity index (χ2n) is 5.66. The summed E-state index contributed by atoms with van der Waals surface area (Å²) in [6.07, 6.45) is -3.50. The molecule has 0 unspecified atom stereocenters. The van der Waals surface area contributed by atoms with Gasteiger partial charge in [0.2, 0.25) is 0 Å². The van der Waals surface area contributed by atoms with Crippen molar-refractivity contribution in [3.8, 4) is 0 Å². The van der Waals surface area contributed by atoms with Crippen LogP contribution in [0.5, 0.6) is 0 Å². The van der Waals surface area contributed by atoms with E-state index in [-0.39, 0.29) is 24.1 Å². The first-order chi connectivity index (χ1) is 10.8. The van der Waals surface area contributed by atoms with E-state index in [0.717, 1.165) is 24.1 Å². The smallest absolute Gasteiger partial charge is 0.327 e. The number of nitrogens with one attached hydrogen (secondary N) is 1. The molecule has 0 saturated heterocycles. The van der Waals surface area contributed by atoms with E-state index < -0.39 is 17.6 Å². The zero-order valence-corrected chi connectivity index (χ0v) is 13.3. The van der Waals surface area contributed by atoms with E-state index in [1.165, 1.54) is 12.1 Å². The predicted molar refractivity (Wildman–Crippen MR) is 88.4 cm³/mol. The molecule has 2 atom stereocenters. The van der Waals surface area contributed by atoms with Crippen LogP contribution < -0.4 is 11.1 Å². The maximum atomic E-state index is 12.7. The fraction of sp³-hybridized carbons (Fsp3) is 0.235. The molecule has 0 aliphatic heterocycles. The van der Waals surface area contributed by atoms with E-state index in [9.17, 15) is 18.0 Å². The van der Waals surface area contributed by atoms with Crippen LogP contribution in [0.4, 0.5) is 18.9 Å². The van der Waals surface area contributed by atoms with Gasteiger partial charge in [0.05, 0.1) is 5.56 Å². The van der Waals surface area contributed by atoms with Crippen LogP contribution in [-0.2, 0) is 6.18 Å². The number of carbonyl (C=O) groups excluding carboxylic acids is 1. The molecule has 1 saturated carbocycles. The van der Waals surface area contributed by atoms with E-state index in [4.69, 9.17) is 5.73 Å². The standard InChI is InChI=1S/C17H15F3N2O.ClH/c18-17(19,20)12-2-1-3-13(8-12)22-16(23)11-6-4-10(5-7-11)14-9-15(14)21;/h1-8,14-15H,9,21H2,(H,22,23);1H/t14-,15+;/m0./s1. The van der Waals surface area contributed by atoms with Gasteiger partial charge < -0.3 is 11.1 Å². The maximum absolute atomic E-state index is 12.7. The largest absolute Gasteiger partial charge is 0.416 e. The number of amides is 1. The zero-order valence-electron chi connectivity index (χ0n) is 12.5. The number of alkyl halides is 3. The third-order valence-corrected chi connectivity index (χ3v) is 3.89. The summed E-state index contributed by atoms with van der Waals surface area (Å²) in [7, 11) is 0. The summed E-state index contributed by atoms with van der Waals surface area (Å²) in [5, 5.41) is 2.48. The van der Waals surface area contributed by atoms with Crippen molar-refractivity contribution in [2.75, 3.05) is 5.32 Å². The van der Waals surface area contributed by atoms with E-state index in [1.807, 2.05) is 12.1 Å². The number of anilines is 1. The Morgan fingerprint density at radius 2 is 1.75 bits per heavy atom. The lowest BCUT2D eigenvalue weighted by Crippen LogP contribution is -2.13. The number of carbonyl (C=O) groups is 1. The molecule has 0 heterocycles. The lowest BCUT2D eigenvalue weighted by atomic mass is 10.1. The molecule has 0 aromatic heterocycles. The minimum atomic E-state index is -4.44. The van der Waals surface area contributed by atoms with Gasteiger partial charge in [0.1, 0.15) is 0 Å². The fourth-order valence-electron chi connectivity index (χ4n) is 2.46. The molecule has 3 N–H and O–H groups in total. The summed E-state index contributed by atoms with van der Waals surface area (Å²) < 4.78 is 38.0. The van der Waals surface area contributed by atoms with E-state index in [1.54, 1.807) is 12.1 Å². The number of benzene rings is 2. The second kappa shape index (κ2) is 6.83. The Kier molecular flexibility index (Phi) is 5.20.